The number of benzene rings is 2. The normalized spacial score (nSPS) is 15.7. The molecule has 1 atom stereocenters. The van der Waals surface area contributed by atoms with Gasteiger partial charge in [0.05, 0.1) is 17.7 Å². The number of fused-ring (bicyclic) bond motifs is 1. The van der Waals surface area contributed by atoms with Crippen molar-refractivity contribution in [2.45, 2.75) is 31.7 Å². The molecule has 3 heteroatoms. The van der Waals surface area contributed by atoms with Crippen molar-refractivity contribution in [1.29, 1.82) is 5.26 Å². The van der Waals surface area contributed by atoms with Crippen LogP contribution in [0.1, 0.15) is 41.1 Å². The molecule has 0 aromatic heterocycles. The Morgan fingerprint density at radius 2 is 1.96 bits per heavy atom. The Morgan fingerprint density at radius 1 is 1.22 bits per heavy atom. The molecule has 3 rings (SSSR count). The quantitative estimate of drug-likeness (QED) is 0.865. The van der Waals surface area contributed by atoms with E-state index in [4.69, 9.17) is 5.26 Å². The summed E-state index contributed by atoms with van der Waals surface area (Å²) in [4.78, 5) is 14.4. The second-order valence-electron chi connectivity index (χ2n) is 6.07. The minimum Gasteiger partial charge on any atom is -0.339 e. The van der Waals surface area contributed by atoms with Gasteiger partial charge in [-0.2, -0.15) is 5.26 Å². The molecule has 0 fully saturated rings. The van der Waals surface area contributed by atoms with Gasteiger partial charge in [-0.05, 0) is 48.1 Å². The number of nitriles is 1. The van der Waals surface area contributed by atoms with Gasteiger partial charge in [-0.3, -0.25) is 4.79 Å². The summed E-state index contributed by atoms with van der Waals surface area (Å²) >= 11 is 0. The number of rotatable bonds is 4. The molecule has 2 aromatic carbocycles. The van der Waals surface area contributed by atoms with Crippen molar-refractivity contribution in [2.75, 3.05) is 7.05 Å². The zero-order valence-electron chi connectivity index (χ0n) is 13.3. The summed E-state index contributed by atoms with van der Waals surface area (Å²) in [7, 11) is 1.91. The van der Waals surface area contributed by atoms with E-state index in [1.807, 2.05) is 30.1 Å². The van der Waals surface area contributed by atoms with Gasteiger partial charge in [-0.25, -0.2) is 0 Å². The lowest BCUT2D eigenvalue weighted by atomic mass is 10.0. The minimum absolute atomic E-state index is 0.177. The molecule has 23 heavy (non-hydrogen) atoms. The highest BCUT2D eigenvalue weighted by Crippen LogP contribution is 2.35. The van der Waals surface area contributed by atoms with Crippen LogP contribution in [-0.4, -0.2) is 17.9 Å². The van der Waals surface area contributed by atoms with Crippen molar-refractivity contribution in [1.82, 2.24) is 4.90 Å². The zero-order valence-corrected chi connectivity index (χ0v) is 13.3. The molecule has 1 aliphatic carbocycles. The molecule has 0 saturated carbocycles. The highest BCUT2D eigenvalue weighted by Gasteiger charge is 2.27. The molecule has 3 nitrogen and oxygen atoms in total. The van der Waals surface area contributed by atoms with Gasteiger partial charge in [0.15, 0.2) is 0 Å². The maximum absolute atomic E-state index is 12.5. The molecule has 0 N–H and O–H groups in total. The van der Waals surface area contributed by atoms with Gasteiger partial charge in [0, 0.05) is 13.5 Å². The van der Waals surface area contributed by atoms with Gasteiger partial charge < -0.3 is 4.90 Å². The van der Waals surface area contributed by atoms with Crippen molar-refractivity contribution in [2.24, 2.45) is 0 Å². The SMILES string of the molecule is CN(C(=O)CCc1ccc(C#N)cc1)C1CCc2ccccc21. The van der Waals surface area contributed by atoms with Gasteiger partial charge in [-0.15, -0.1) is 0 Å². The van der Waals surface area contributed by atoms with Crippen LogP contribution in [0.4, 0.5) is 0 Å². The Morgan fingerprint density at radius 3 is 2.70 bits per heavy atom. The molecule has 1 unspecified atom stereocenters. The van der Waals surface area contributed by atoms with Crippen LogP contribution in [0.25, 0.3) is 0 Å². The molecule has 0 saturated heterocycles. The smallest absolute Gasteiger partial charge is 0.223 e. The molecule has 0 aliphatic heterocycles. The second kappa shape index (κ2) is 6.66. The number of carbonyl (C=O) groups excluding carboxylic acids is 1. The Balaban J connectivity index is 1.61. The van der Waals surface area contributed by atoms with E-state index in [0.29, 0.717) is 18.4 Å². The van der Waals surface area contributed by atoms with E-state index in [0.717, 1.165) is 18.4 Å². The van der Waals surface area contributed by atoms with E-state index in [-0.39, 0.29) is 11.9 Å². The second-order valence-corrected chi connectivity index (χ2v) is 6.07. The first-order valence-corrected chi connectivity index (χ1v) is 8.01. The highest BCUT2D eigenvalue weighted by molar-refractivity contribution is 5.77. The first-order valence-electron chi connectivity index (χ1n) is 8.01. The summed E-state index contributed by atoms with van der Waals surface area (Å²) in [6, 6.07) is 18.2. The number of hydrogen-bond acceptors (Lipinski definition) is 2. The fraction of sp³-hybridized carbons (Fsp3) is 0.300. The van der Waals surface area contributed by atoms with E-state index < -0.39 is 0 Å². The molecule has 0 radical (unpaired) electrons. The molecule has 0 spiro atoms. The summed E-state index contributed by atoms with van der Waals surface area (Å²) in [5.74, 6) is 0.177. The number of amides is 1. The summed E-state index contributed by atoms with van der Waals surface area (Å²) in [6.45, 7) is 0. The zero-order chi connectivity index (χ0) is 16.2. The van der Waals surface area contributed by atoms with E-state index in [2.05, 4.69) is 24.3 Å². The van der Waals surface area contributed by atoms with Crippen molar-refractivity contribution in [3.8, 4) is 6.07 Å². The van der Waals surface area contributed by atoms with E-state index in [1.54, 1.807) is 12.1 Å². The van der Waals surface area contributed by atoms with Crippen molar-refractivity contribution in [3.05, 3.63) is 70.8 Å². The van der Waals surface area contributed by atoms with E-state index >= 15 is 0 Å². The lowest BCUT2D eigenvalue weighted by Gasteiger charge is -2.25. The maximum atomic E-state index is 12.5. The molecule has 116 valence electrons. The van der Waals surface area contributed by atoms with E-state index in [1.165, 1.54) is 11.1 Å². The van der Waals surface area contributed by atoms with Crippen LogP contribution in [-0.2, 0) is 17.6 Å². The molecule has 0 bridgehead atoms. The third-order valence-corrected chi connectivity index (χ3v) is 4.67. The van der Waals surface area contributed by atoms with Crippen LogP contribution >= 0.6 is 0 Å². The number of hydrogen-bond donors (Lipinski definition) is 0. The maximum Gasteiger partial charge on any atom is 0.223 e. The fourth-order valence-electron chi connectivity index (χ4n) is 3.28. The van der Waals surface area contributed by atoms with Gasteiger partial charge in [0.2, 0.25) is 5.91 Å². The number of nitrogens with zero attached hydrogens (tertiary/aromatic N) is 2. The van der Waals surface area contributed by atoms with Crippen LogP contribution in [0.3, 0.4) is 0 Å². The summed E-state index contributed by atoms with van der Waals surface area (Å²) in [6.07, 6.45) is 3.27. The largest absolute Gasteiger partial charge is 0.339 e. The fourth-order valence-corrected chi connectivity index (χ4v) is 3.28. The number of aryl methyl sites for hydroxylation is 2. The van der Waals surface area contributed by atoms with Crippen molar-refractivity contribution in [3.63, 3.8) is 0 Å². The summed E-state index contributed by atoms with van der Waals surface area (Å²) in [5, 5.41) is 8.81. The average molecular weight is 304 g/mol. The Kier molecular flexibility index (Phi) is 4.43. The lowest BCUT2D eigenvalue weighted by Crippen LogP contribution is -2.30. The first-order chi connectivity index (χ1) is 11.2. The highest BCUT2D eigenvalue weighted by atomic mass is 16.2. The molecule has 1 amide bonds. The standard InChI is InChI=1S/C20H20N2O/c1-22(19-12-11-17-4-2-3-5-18(17)19)20(23)13-10-15-6-8-16(14-21)9-7-15/h2-9,19H,10-13H2,1H3. The van der Waals surface area contributed by atoms with Gasteiger partial charge in [0.1, 0.15) is 0 Å². The Hall–Kier alpha value is -2.60. The van der Waals surface area contributed by atoms with Crippen LogP contribution < -0.4 is 0 Å². The predicted molar refractivity (Wildman–Crippen MR) is 89.8 cm³/mol. The van der Waals surface area contributed by atoms with Crippen LogP contribution in [0.5, 0.6) is 0 Å². The molecular weight excluding hydrogens is 284 g/mol. The van der Waals surface area contributed by atoms with Gasteiger partial charge >= 0.3 is 0 Å². The molecule has 2 aromatic rings. The monoisotopic (exact) mass is 304 g/mol. The molecular formula is C20H20N2O. The summed E-state index contributed by atoms with van der Waals surface area (Å²) in [5.41, 5.74) is 4.41. The van der Waals surface area contributed by atoms with Gasteiger partial charge in [0.25, 0.3) is 0 Å². The minimum atomic E-state index is 0.177. The van der Waals surface area contributed by atoms with Gasteiger partial charge in [-0.1, -0.05) is 36.4 Å². The van der Waals surface area contributed by atoms with Crippen LogP contribution in [0, 0.1) is 11.3 Å². The average Bonchev–Trinajstić information content (AvgIpc) is 3.03. The molecule has 0 heterocycles. The van der Waals surface area contributed by atoms with Crippen molar-refractivity contribution < 1.29 is 4.79 Å². The van der Waals surface area contributed by atoms with E-state index in [9.17, 15) is 4.79 Å². The lowest BCUT2D eigenvalue weighted by molar-refractivity contribution is -0.132. The summed E-state index contributed by atoms with van der Waals surface area (Å²) < 4.78 is 0. The third kappa shape index (κ3) is 3.27. The van der Waals surface area contributed by atoms with Crippen LogP contribution in [0.2, 0.25) is 0 Å². The third-order valence-electron chi connectivity index (χ3n) is 4.67. The topological polar surface area (TPSA) is 44.1 Å². The number of carbonyl (C=O) groups is 1. The predicted octanol–water partition coefficient (Wildman–Crippen LogP) is 3.64. The van der Waals surface area contributed by atoms with Crippen LogP contribution in [0.15, 0.2) is 48.5 Å². The first kappa shape index (κ1) is 15.3. The Labute approximate surface area is 137 Å². The molecule has 1 aliphatic rings. The Bertz CT molecular complexity index is 743. The van der Waals surface area contributed by atoms with Crippen molar-refractivity contribution >= 4 is 5.91 Å².